The van der Waals surface area contributed by atoms with Gasteiger partial charge in [-0.3, -0.25) is 4.90 Å². The molecule has 0 fully saturated rings. The highest BCUT2D eigenvalue weighted by atomic mass is 16.5. The van der Waals surface area contributed by atoms with Crippen LogP contribution in [0.2, 0.25) is 0 Å². The average molecular weight is 524 g/mol. The third-order valence-corrected chi connectivity index (χ3v) is 7.06. The van der Waals surface area contributed by atoms with Gasteiger partial charge in [0, 0.05) is 24.7 Å². The monoisotopic (exact) mass is 523 g/mol. The lowest BCUT2D eigenvalue weighted by Crippen LogP contribution is -2.24. The standard InChI is InChI=1S/C33H33NO5/c1-22(2)28-16-29(32(35)34-18-26-14-13-25(33(36)37)15-27(26)19-34)31(39-21-24-11-7-4-8-12-24)17-30(28)38-20-23-9-5-3-6-10-23/h3-17,22,32,35H,18-21H2,1-2H3,(H,36,37). The van der Waals surface area contributed by atoms with Gasteiger partial charge in [-0.25, -0.2) is 4.79 Å². The van der Waals surface area contributed by atoms with E-state index >= 15 is 0 Å². The van der Waals surface area contributed by atoms with Crippen molar-refractivity contribution in [1.82, 2.24) is 4.90 Å². The highest BCUT2D eigenvalue weighted by molar-refractivity contribution is 5.88. The van der Waals surface area contributed by atoms with Crippen molar-refractivity contribution in [2.75, 3.05) is 0 Å². The van der Waals surface area contributed by atoms with Crippen LogP contribution in [-0.4, -0.2) is 21.1 Å². The number of hydrogen-bond donors (Lipinski definition) is 2. The molecule has 0 saturated carbocycles. The van der Waals surface area contributed by atoms with Crippen molar-refractivity contribution in [3.05, 3.63) is 130 Å². The fourth-order valence-electron chi connectivity index (χ4n) is 4.89. The predicted octanol–water partition coefficient (Wildman–Crippen LogP) is 6.67. The molecule has 4 aromatic rings. The normalized spacial score (nSPS) is 13.7. The molecule has 0 saturated heterocycles. The van der Waals surface area contributed by atoms with Crippen molar-refractivity contribution in [2.45, 2.75) is 52.3 Å². The van der Waals surface area contributed by atoms with Gasteiger partial charge in [-0.2, -0.15) is 0 Å². The number of nitrogens with zero attached hydrogens (tertiary/aromatic N) is 1. The molecule has 6 nitrogen and oxygen atoms in total. The van der Waals surface area contributed by atoms with E-state index in [-0.39, 0.29) is 11.5 Å². The summed E-state index contributed by atoms with van der Waals surface area (Å²) in [6, 6.07) is 28.9. The minimum atomic E-state index is -0.957. The molecule has 4 aromatic carbocycles. The first kappa shape index (κ1) is 26.5. The van der Waals surface area contributed by atoms with E-state index in [4.69, 9.17) is 9.47 Å². The fourth-order valence-corrected chi connectivity index (χ4v) is 4.89. The smallest absolute Gasteiger partial charge is 0.335 e. The van der Waals surface area contributed by atoms with Gasteiger partial charge in [-0.05, 0) is 51.9 Å². The molecule has 5 rings (SSSR count). The van der Waals surface area contributed by atoms with Crippen molar-refractivity contribution < 1.29 is 24.5 Å². The van der Waals surface area contributed by atoms with Crippen LogP contribution in [-0.2, 0) is 26.3 Å². The molecular weight excluding hydrogens is 490 g/mol. The van der Waals surface area contributed by atoms with Crippen LogP contribution in [0.5, 0.6) is 11.5 Å². The van der Waals surface area contributed by atoms with Crippen molar-refractivity contribution >= 4 is 5.97 Å². The molecule has 0 radical (unpaired) electrons. The zero-order valence-electron chi connectivity index (χ0n) is 22.2. The molecular formula is C33H33NO5. The molecule has 39 heavy (non-hydrogen) atoms. The molecule has 6 heteroatoms. The molecule has 0 bridgehead atoms. The Morgan fingerprint density at radius 1 is 0.769 bits per heavy atom. The lowest BCUT2D eigenvalue weighted by molar-refractivity contribution is -0.00397. The van der Waals surface area contributed by atoms with E-state index in [9.17, 15) is 15.0 Å². The Hall–Kier alpha value is -4.13. The van der Waals surface area contributed by atoms with Crippen LogP contribution in [0.25, 0.3) is 0 Å². The number of benzene rings is 4. The zero-order chi connectivity index (χ0) is 27.4. The Kier molecular flexibility index (Phi) is 7.96. The lowest BCUT2D eigenvalue weighted by atomic mass is 9.97. The molecule has 1 aliphatic rings. The van der Waals surface area contributed by atoms with Crippen LogP contribution in [0.1, 0.15) is 69.7 Å². The summed E-state index contributed by atoms with van der Waals surface area (Å²) in [6.07, 6.45) is -0.947. The van der Waals surface area contributed by atoms with Gasteiger partial charge < -0.3 is 19.7 Å². The second-order valence-electron chi connectivity index (χ2n) is 10.2. The molecule has 0 amide bonds. The van der Waals surface area contributed by atoms with Gasteiger partial charge in [0.05, 0.1) is 5.56 Å². The highest BCUT2D eigenvalue weighted by Gasteiger charge is 2.29. The zero-order valence-corrected chi connectivity index (χ0v) is 22.2. The highest BCUT2D eigenvalue weighted by Crippen LogP contribution is 2.40. The Balaban J connectivity index is 1.46. The Bertz CT molecular complexity index is 1440. The molecule has 1 atom stereocenters. The molecule has 0 aromatic heterocycles. The van der Waals surface area contributed by atoms with E-state index in [1.807, 2.05) is 83.8 Å². The topological polar surface area (TPSA) is 79.2 Å². The summed E-state index contributed by atoms with van der Waals surface area (Å²) in [6.45, 7) is 5.93. The predicted molar refractivity (Wildman–Crippen MR) is 150 cm³/mol. The quantitative estimate of drug-likeness (QED) is 0.242. The number of hydrogen-bond acceptors (Lipinski definition) is 5. The van der Waals surface area contributed by atoms with E-state index in [2.05, 4.69) is 13.8 Å². The van der Waals surface area contributed by atoms with E-state index in [0.717, 1.165) is 33.6 Å². The van der Waals surface area contributed by atoms with Crippen molar-refractivity contribution in [2.24, 2.45) is 0 Å². The Morgan fingerprint density at radius 2 is 1.33 bits per heavy atom. The van der Waals surface area contributed by atoms with Gasteiger partial charge in [0.1, 0.15) is 30.9 Å². The lowest BCUT2D eigenvalue weighted by Gasteiger charge is -2.27. The first-order chi connectivity index (χ1) is 18.9. The average Bonchev–Trinajstić information content (AvgIpc) is 3.39. The number of carboxylic acids is 1. The van der Waals surface area contributed by atoms with Crippen LogP contribution in [0.4, 0.5) is 0 Å². The van der Waals surface area contributed by atoms with E-state index in [0.29, 0.717) is 37.6 Å². The van der Waals surface area contributed by atoms with Gasteiger partial charge in [-0.1, -0.05) is 80.6 Å². The van der Waals surface area contributed by atoms with Gasteiger partial charge in [0.15, 0.2) is 0 Å². The maximum Gasteiger partial charge on any atom is 0.335 e. The second kappa shape index (κ2) is 11.7. The van der Waals surface area contributed by atoms with Gasteiger partial charge >= 0.3 is 5.97 Å². The number of aromatic carboxylic acids is 1. The van der Waals surface area contributed by atoms with Crippen molar-refractivity contribution in [3.8, 4) is 11.5 Å². The number of carbonyl (C=O) groups is 1. The van der Waals surface area contributed by atoms with E-state index in [1.54, 1.807) is 12.1 Å². The summed E-state index contributed by atoms with van der Waals surface area (Å²) < 4.78 is 12.6. The van der Waals surface area contributed by atoms with Gasteiger partial charge in [-0.15, -0.1) is 0 Å². The Morgan fingerprint density at radius 3 is 1.90 bits per heavy atom. The first-order valence-electron chi connectivity index (χ1n) is 13.2. The summed E-state index contributed by atoms with van der Waals surface area (Å²) in [7, 11) is 0. The summed E-state index contributed by atoms with van der Waals surface area (Å²) >= 11 is 0. The SMILES string of the molecule is CC(C)c1cc(C(O)N2Cc3ccc(C(=O)O)cc3C2)c(OCc2ccccc2)cc1OCc1ccccc1. The summed E-state index contributed by atoms with van der Waals surface area (Å²) in [4.78, 5) is 13.4. The third-order valence-electron chi connectivity index (χ3n) is 7.06. The Labute approximate surface area is 229 Å². The number of fused-ring (bicyclic) bond motifs is 1. The van der Waals surface area contributed by atoms with E-state index < -0.39 is 12.2 Å². The number of rotatable bonds is 10. The molecule has 2 N–H and O–H groups in total. The molecule has 1 unspecified atom stereocenters. The van der Waals surface area contributed by atoms with Crippen molar-refractivity contribution in [1.29, 1.82) is 0 Å². The maximum atomic E-state index is 11.6. The minimum Gasteiger partial charge on any atom is -0.488 e. The number of ether oxygens (including phenoxy) is 2. The van der Waals surface area contributed by atoms with Gasteiger partial charge in [0.25, 0.3) is 0 Å². The van der Waals surface area contributed by atoms with Gasteiger partial charge in [0.2, 0.25) is 0 Å². The molecule has 1 heterocycles. The van der Waals surface area contributed by atoms with E-state index in [1.165, 1.54) is 0 Å². The number of aliphatic hydroxyl groups excluding tert-OH is 1. The maximum absolute atomic E-state index is 11.6. The van der Waals surface area contributed by atoms with Crippen molar-refractivity contribution in [3.63, 3.8) is 0 Å². The summed E-state index contributed by atoms with van der Waals surface area (Å²) in [5.41, 5.74) is 5.90. The number of carboxylic acid groups (broad SMARTS) is 1. The summed E-state index contributed by atoms with van der Waals surface area (Å²) in [5, 5.41) is 21.0. The molecule has 1 aliphatic heterocycles. The molecule has 200 valence electrons. The van der Waals surface area contributed by atoms with Crippen LogP contribution in [0.15, 0.2) is 91.0 Å². The fraction of sp³-hybridized carbons (Fsp3) is 0.242. The van der Waals surface area contributed by atoms with Crippen LogP contribution in [0, 0.1) is 0 Å². The second-order valence-corrected chi connectivity index (χ2v) is 10.2. The third kappa shape index (κ3) is 6.14. The summed E-state index contributed by atoms with van der Waals surface area (Å²) in [5.74, 6) is 0.476. The van der Waals surface area contributed by atoms with Crippen LogP contribution in [0.3, 0.4) is 0 Å². The minimum absolute atomic E-state index is 0.152. The van der Waals surface area contributed by atoms with Crippen LogP contribution >= 0.6 is 0 Å². The molecule has 0 spiro atoms. The largest absolute Gasteiger partial charge is 0.488 e. The number of aliphatic hydroxyl groups is 1. The molecule has 0 aliphatic carbocycles. The first-order valence-corrected chi connectivity index (χ1v) is 13.2. The van der Waals surface area contributed by atoms with Crippen LogP contribution < -0.4 is 9.47 Å².